The van der Waals surface area contributed by atoms with Gasteiger partial charge in [-0.15, -0.1) is 12.3 Å². The third kappa shape index (κ3) is 14.2. The van der Waals surface area contributed by atoms with E-state index in [9.17, 15) is 45.8 Å². The molecule has 0 fully saturated rings. The zero-order chi connectivity index (χ0) is 29.1. The van der Waals surface area contributed by atoms with Gasteiger partial charge in [-0.1, -0.05) is 59.7 Å². The number of carbonyl (C=O) groups excluding carboxylic acids is 2. The number of esters is 2. The van der Waals surface area contributed by atoms with E-state index in [0.717, 1.165) is 11.1 Å². The normalized spacial score (nSPS) is 11.6. The number of halogens is 6. The van der Waals surface area contributed by atoms with Crippen molar-refractivity contribution in [3.8, 4) is 18.1 Å². The second-order valence-electron chi connectivity index (χ2n) is 9.33. The van der Waals surface area contributed by atoms with Crippen LogP contribution in [0, 0.1) is 12.3 Å². The predicted molar refractivity (Wildman–Crippen MR) is 119 cm³/mol. The molecule has 0 spiro atoms. The molecule has 1 rings (SSSR count). The Bertz CT molecular complexity index is 873. The molecular formula is C24H30F6O6. The molecular weight excluding hydrogens is 498 g/mol. The molecule has 0 bridgehead atoms. The highest BCUT2D eigenvalue weighted by Crippen LogP contribution is 2.38. The van der Waals surface area contributed by atoms with Gasteiger partial charge in [-0.3, -0.25) is 4.79 Å². The van der Waals surface area contributed by atoms with Crippen LogP contribution in [0.25, 0.3) is 0 Å². The number of phenols is 1. The van der Waals surface area contributed by atoms with Gasteiger partial charge in [-0.2, -0.15) is 26.3 Å². The number of aliphatic carboxylic acids is 1. The van der Waals surface area contributed by atoms with E-state index in [1.54, 1.807) is 0 Å². The Morgan fingerprint density at radius 2 is 1.22 bits per heavy atom. The molecule has 0 saturated heterocycles. The maximum absolute atomic E-state index is 11.2. The smallest absolute Gasteiger partial charge is 0.491 e. The first-order chi connectivity index (χ1) is 16.0. The maximum Gasteiger partial charge on any atom is 0.491 e. The zero-order valence-corrected chi connectivity index (χ0v) is 20.7. The molecule has 204 valence electrons. The fraction of sp³-hybridized carbons (Fsp3) is 0.542. The number of benzene rings is 1. The summed E-state index contributed by atoms with van der Waals surface area (Å²) in [6.45, 7) is 12.7. The monoisotopic (exact) mass is 528 g/mol. The molecule has 1 aromatic carbocycles. The van der Waals surface area contributed by atoms with Crippen LogP contribution in [0.3, 0.4) is 0 Å². The highest BCUT2D eigenvalue weighted by molar-refractivity contribution is 5.90. The van der Waals surface area contributed by atoms with Gasteiger partial charge in [0.25, 0.3) is 0 Å². The predicted octanol–water partition coefficient (Wildman–Crippen LogP) is 6.04. The minimum Gasteiger partial charge on any atom is -0.507 e. The molecule has 0 aliphatic carbocycles. The number of terminal acetylenes is 1. The highest BCUT2D eigenvalue weighted by Gasteiger charge is 2.49. The standard InChI is InChI=1S/C14H22O.C6H8O2.C4F6O3/c1-13(2,3)10-8-7-9-11(12(10)15)14(4,5)6;1-2-3-4-5-6(7)8;5-3(6,7)1(11)13-2(12)4(8,9)10/h7-9,15H,1-6H3;1H,3-5H2,(H,7,8);. The molecule has 0 saturated carbocycles. The van der Waals surface area contributed by atoms with E-state index in [0.29, 0.717) is 18.6 Å². The van der Waals surface area contributed by atoms with Gasteiger partial charge in [0, 0.05) is 12.8 Å². The number of carboxylic acids is 1. The van der Waals surface area contributed by atoms with Crippen molar-refractivity contribution in [3.05, 3.63) is 29.3 Å². The second-order valence-corrected chi connectivity index (χ2v) is 9.33. The van der Waals surface area contributed by atoms with Gasteiger partial charge >= 0.3 is 30.3 Å². The van der Waals surface area contributed by atoms with E-state index in [1.807, 2.05) is 18.2 Å². The number of hydrogen-bond donors (Lipinski definition) is 2. The summed E-state index contributed by atoms with van der Waals surface area (Å²) < 4.78 is 69.7. The van der Waals surface area contributed by atoms with Crippen LogP contribution in [0.4, 0.5) is 26.3 Å². The lowest BCUT2D eigenvalue weighted by Crippen LogP contribution is -2.34. The molecule has 2 N–H and O–H groups in total. The number of carbonyl (C=O) groups is 3. The molecule has 0 amide bonds. The molecule has 0 aliphatic rings. The van der Waals surface area contributed by atoms with Gasteiger partial charge in [0.1, 0.15) is 5.75 Å². The molecule has 36 heavy (non-hydrogen) atoms. The Kier molecular flexibility index (Phi) is 13.3. The Balaban J connectivity index is 0. The summed E-state index contributed by atoms with van der Waals surface area (Å²) >= 11 is 0. The third-order valence-corrected chi connectivity index (χ3v) is 4.01. The minimum atomic E-state index is -5.62. The summed E-state index contributed by atoms with van der Waals surface area (Å²) in [6, 6.07) is 6.04. The Morgan fingerprint density at radius 3 is 1.47 bits per heavy atom. The fourth-order valence-electron chi connectivity index (χ4n) is 2.30. The lowest BCUT2D eigenvalue weighted by Gasteiger charge is -2.26. The van der Waals surface area contributed by atoms with Crippen molar-refractivity contribution < 1.29 is 55.7 Å². The second kappa shape index (κ2) is 13.8. The minimum absolute atomic E-state index is 0.00859. The molecule has 6 nitrogen and oxygen atoms in total. The fourth-order valence-corrected chi connectivity index (χ4v) is 2.30. The van der Waals surface area contributed by atoms with Crippen LogP contribution in [0.15, 0.2) is 18.2 Å². The van der Waals surface area contributed by atoms with Crippen LogP contribution in [-0.2, 0) is 30.0 Å². The summed E-state index contributed by atoms with van der Waals surface area (Å²) in [5, 5.41) is 18.3. The van der Waals surface area contributed by atoms with E-state index in [1.165, 1.54) is 0 Å². The maximum atomic E-state index is 11.2. The SMILES string of the molecule is C#CCCCC(=O)O.CC(C)(C)c1cccc(C(C)(C)C)c1O.O=C(OC(=O)C(F)(F)F)C(F)(F)F. The van der Waals surface area contributed by atoms with E-state index in [-0.39, 0.29) is 17.3 Å². The summed E-state index contributed by atoms with van der Waals surface area (Å²) in [5.74, 6) is -4.36. The van der Waals surface area contributed by atoms with E-state index in [4.69, 9.17) is 11.5 Å². The molecule has 12 heteroatoms. The van der Waals surface area contributed by atoms with Crippen LogP contribution >= 0.6 is 0 Å². The molecule has 0 aromatic heterocycles. The molecule has 0 unspecified atom stereocenters. The summed E-state index contributed by atoms with van der Waals surface area (Å²) in [6.07, 6.45) is -5.04. The van der Waals surface area contributed by atoms with Crippen LogP contribution < -0.4 is 0 Å². The topological polar surface area (TPSA) is 101 Å². The van der Waals surface area contributed by atoms with Crippen molar-refractivity contribution in [1.29, 1.82) is 0 Å². The molecule has 0 atom stereocenters. The van der Waals surface area contributed by atoms with Gasteiger partial charge in [0.15, 0.2) is 0 Å². The van der Waals surface area contributed by atoms with E-state index in [2.05, 4.69) is 52.2 Å². The number of ether oxygens (including phenoxy) is 1. The molecule has 0 radical (unpaired) electrons. The third-order valence-electron chi connectivity index (χ3n) is 4.01. The number of hydrogen-bond acceptors (Lipinski definition) is 5. The largest absolute Gasteiger partial charge is 0.507 e. The van der Waals surface area contributed by atoms with Gasteiger partial charge in [-0.05, 0) is 28.4 Å². The van der Waals surface area contributed by atoms with E-state index >= 15 is 0 Å². The molecule has 0 heterocycles. The Morgan fingerprint density at radius 1 is 0.861 bits per heavy atom. The zero-order valence-electron chi connectivity index (χ0n) is 20.7. The molecule has 0 aliphatic heterocycles. The lowest BCUT2D eigenvalue weighted by atomic mass is 9.80. The van der Waals surface area contributed by atoms with E-state index < -0.39 is 30.3 Å². The number of para-hydroxylation sites is 1. The highest BCUT2D eigenvalue weighted by atomic mass is 19.4. The van der Waals surface area contributed by atoms with Crippen molar-refractivity contribution >= 4 is 17.9 Å². The Labute approximate surface area is 205 Å². The summed E-state index contributed by atoms with van der Waals surface area (Å²) in [4.78, 5) is 29.1. The van der Waals surface area contributed by atoms with Crippen molar-refractivity contribution in [2.45, 2.75) is 84.0 Å². The lowest BCUT2D eigenvalue weighted by molar-refractivity contribution is -0.221. The average Bonchev–Trinajstić information content (AvgIpc) is 2.65. The van der Waals surface area contributed by atoms with Gasteiger partial charge in [0.05, 0.1) is 0 Å². The number of alkyl halides is 6. The number of rotatable bonds is 3. The van der Waals surface area contributed by atoms with Crippen molar-refractivity contribution in [2.24, 2.45) is 0 Å². The van der Waals surface area contributed by atoms with Crippen LogP contribution in [0.2, 0.25) is 0 Å². The first-order valence-corrected chi connectivity index (χ1v) is 10.3. The van der Waals surface area contributed by atoms with Crippen LogP contribution in [-0.4, -0.2) is 40.5 Å². The van der Waals surface area contributed by atoms with Crippen molar-refractivity contribution in [2.75, 3.05) is 0 Å². The number of phenolic OH excluding ortho intramolecular Hbond substituents is 1. The average molecular weight is 528 g/mol. The van der Waals surface area contributed by atoms with Gasteiger partial charge in [0.2, 0.25) is 0 Å². The van der Waals surface area contributed by atoms with Gasteiger partial charge in [-0.25, -0.2) is 9.59 Å². The number of aromatic hydroxyl groups is 1. The Hall–Kier alpha value is -3.23. The molecule has 1 aromatic rings. The first-order valence-electron chi connectivity index (χ1n) is 10.3. The summed E-state index contributed by atoms with van der Waals surface area (Å²) in [5.41, 5.74) is 2.03. The van der Waals surface area contributed by atoms with Gasteiger partial charge < -0.3 is 14.9 Å². The van der Waals surface area contributed by atoms with Crippen LogP contribution in [0.5, 0.6) is 5.75 Å². The quantitative estimate of drug-likeness (QED) is 0.163. The van der Waals surface area contributed by atoms with Crippen molar-refractivity contribution in [1.82, 2.24) is 0 Å². The van der Waals surface area contributed by atoms with Crippen LogP contribution in [0.1, 0.15) is 71.9 Å². The van der Waals surface area contributed by atoms with Crippen molar-refractivity contribution in [3.63, 3.8) is 0 Å². The first kappa shape index (κ1) is 34.9. The number of carboxylic acid groups (broad SMARTS) is 1. The summed E-state index contributed by atoms with van der Waals surface area (Å²) in [7, 11) is 0. The number of unbranched alkanes of at least 4 members (excludes halogenated alkanes) is 1.